The van der Waals surface area contributed by atoms with Gasteiger partial charge in [-0.15, -0.1) is 0 Å². The van der Waals surface area contributed by atoms with E-state index in [0.29, 0.717) is 0 Å². The van der Waals surface area contributed by atoms with Crippen LogP contribution >= 0.6 is 23.5 Å². The van der Waals surface area contributed by atoms with Gasteiger partial charge in [-0.2, -0.15) is 0 Å². The second kappa shape index (κ2) is 13.0. The van der Waals surface area contributed by atoms with E-state index < -0.39 is 0 Å². The van der Waals surface area contributed by atoms with E-state index in [2.05, 4.69) is 204 Å². The zero-order valence-corrected chi connectivity index (χ0v) is 35.9. The Labute approximate surface area is 368 Å². The minimum absolute atomic E-state index is 0.201. The average molecular weight is 830 g/mol. The van der Waals surface area contributed by atoms with E-state index in [1.807, 2.05) is 35.7 Å². The van der Waals surface area contributed by atoms with Crippen molar-refractivity contribution in [2.45, 2.75) is 38.8 Å². The topological polar surface area (TPSA) is 14.8 Å². The van der Waals surface area contributed by atoms with Crippen LogP contribution in [0.3, 0.4) is 0 Å². The predicted octanol–water partition coefficient (Wildman–Crippen LogP) is 16.0. The molecule has 11 aromatic rings. The third kappa shape index (κ3) is 4.75. The summed E-state index contributed by atoms with van der Waals surface area (Å²) in [6, 6.07) is 60.4. The normalized spacial score (nSPS) is 13.8. The first kappa shape index (κ1) is 35.8. The minimum atomic E-state index is -0.201. The summed E-state index contributed by atoms with van der Waals surface area (Å²) in [7, 11) is 0. The second-order valence-electron chi connectivity index (χ2n) is 17.0. The van der Waals surface area contributed by atoms with E-state index >= 15 is 0 Å². The van der Waals surface area contributed by atoms with Crippen LogP contribution in [0, 0.1) is 0 Å². The summed E-state index contributed by atoms with van der Waals surface area (Å²) in [6.45, 7) is 13.6. The lowest BCUT2D eigenvalue weighted by Crippen LogP contribution is -2.17. The van der Waals surface area contributed by atoms with Gasteiger partial charge < -0.3 is 13.7 Å². The first-order valence-electron chi connectivity index (χ1n) is 21.2. The molecule has 0 N–H and O–H groups in total. The maximum atomic E-state index is 4.41. The molecule has 5 heteroatoms. The highest BCUT2D eigenvalue weighted by Gasteiger charge is 2.41. The van der Waals surface area contributed by atoms with E-state index in [9.17, 15) is 0 Å². The lowest BCUT2D eigenvalue weighted by atomic mass is 9.82. The van der Waals surface area contributed by atoms with Gasteiger partial charge in [0.1, 0.15) is 0 Å². The molecule has 1 aliphatic heterocycles. The molecular weight excluding hydrogens is 791 g/mol. The molecule has 2 aliphatic rings. The van der Waals surface area contributed by atoms with Crippen LogP contribution in [0.2, 0.25) is 0 Å². The first-order chi connectivity index (χ1) is 30.4. The number of benzene rings is 8. The number of rotatable bonds is 5. The highest BCUT2D eigenvalue weighted by molar-refractivity contribution is 8.05. The molecule has 0 fully saturated rings. The van der Waals surface area contributed by atoms with Crippen LogP contribution in [0.1, 0.15) is 36.2 Å². The van der Waals surface area contributed by atoms with Gasteiger partial charge >= 0.3 is 0 Å². The smallest absolute Gasteiger partial charge is 0.0622 e. The molecule has 0 unspecified atom stereocenters. The fraction of sp³-hybridized carbons (Fsp3) is 0.0526. The minimum Gasteiger partial charge on any atom is -0.309 e. The third-order valence-corrected chi connectivity index (χ3v) is 16.0. The maximum absolute atomic E-state index is 4.41. The van der Waals surface area contributed by atoms with Gasteiger partial charge in [-0.1, -0.05) is 142 Å². The van der Waals surface area contributed by atoms with Crippen molar-refractivity contribution in [3.63, 3.8) is 0 Å². The molecule has 0 saturated heterocycles. The molecule has 13 rings (SSSR count). The average Bonchev–Trinajstić information content (AvgIpc) is 4.01. The number of hydrogen-bond donors (Lipinski definition) is 0. The van der Waals surface area contributed by atoms with Crippen molar-refractivity contribution in [3.8, 4) is 28.2 Å². The number of aromatic nitrogens is 3. The third-order valence-electron chi connectivity index (χ3n) is 13.4. The molecule has 0 bridgehead atoms. The Morgan fingerprint density at radius 1 is 0.468 bits per heavy atom. The zero-order valence-electron chi connectivity index (χ0n) is 34.3. The quantitative estimate of drug-likeness (QED) is 0.172. The Morgan fingerprint density at radius 3 is 1.71 bits per heavy atom. The number of para-hydroxylation sites is 3. The lowest BCUT2D eigenvalue weighted by Gasteiger charge is -2.28. The van der Waals surface area contributed by atoms with E-state index in [-0.39, 0.29) is 5.41 Å². The Kier molecular flexibility index (Phi) is 7.53. The summed E-state index contributed by atoms with van der Waals surface area (Å²) in [5, 5.41) is 6.08. The fourth-order valence-corrected chi connectivity index (χ4v) is 13.3. The number of fused-ring (bicyclic) bond motifs is 14. The van der Waals surface area contributed by atoms with Crippen molar-refractivity contribution in [2.75, 3.05) is 0 Å². The van der Waals surface area contributed by atoms with Crippen molar-refractivity contribution in [3.05, 3.63) is 199 Å². The summed E-state index contributed by atoms with van der Waals surface area (Å²) in [4.78, 5) is 5.37. The molecule has 8 aromatic carbocycles. The van der Waals surface area contributed by atoms with Crippen LogP contribution in [0.4, 0.5) is 0 Å². The standard InChI is InChI=1S/C57H39N3S2/c1-5-37-40-26-28-44-53(41-27-31-52-56(54(41)57(44,3)4)62-51-23-15-14-22-50(51)61-52)55(40)60(45(37)6-2)36-25-30-49-43(33-36)39-19-11-13-21-47(39)59(49)35-24-29-48-42(32-35)38-18-10-12-20-46(38)58(48)34-16-8-7-9-17-34/h5-33H,1-2H2,3-4H3. The number of nitrogens with zero attached hydrogens (tertiary/aromatic N) is 3. The SMILES string of the molecule is C=Cc1c(C=C)n(-c2ccc3c(c2)c2ccccc2n3-c2ccc3c(c2)c2ccccc2n3-c2ccccc2)c2c3c(ccc12)C(C)(C)c1c-3ccc2c1Sc1ccccc1S2. The highest BCUT2D eigenvalue weighted by Crippen LogP contribution is 2.60. The monoisotopic (exact) mass is 829 g/mol. The van der Waals surface area contributed by atoms with Gasteiger partial charge in [0.2, 0.25) is 0 Å². The van der Waals surface area contributed by atoms with Gasteiger partial charge in [-0.25, -0.2) is 0 Å². The molecule has 0 spiro atoms. The van der Waals surface area contributed by atoms with Crippen LogP contribution in [-0.2, 0) is 5.41 Å². The second-order valence-corrected chi connectivity index (χ2v) is 19.1. The summed E-state index contributed by atoms with van der Waals surface area (Å²) >= 11 is 3.82. The molecule has 3 nitrogen and oxygen atoms in total. The summed E-state index contributed by atoms with van der Waals surface area (Å²) in [5.41, 5.74) is 16.7. The molecule has 62 heavy (non-hydrogen) atoms. The largest absolute Gasteiger partial charge is 0.309 e. The molecular formula is C57H39N3S2. The van der Waals surface area contributed by atoms with Crippen LogP contribution in [0.5, 0.6) is 0 Å². The van der Waals surface area contributed by atoms with Crippen molar-refractivity contribution in [1.29, 1.82) is 0 Å². The fourth-order valence-electron chi connectivity index (χ4n) is 10.8. The molecule has 1 aliphatic carbocycles. The molecule has 0 amide bonds. The van der Waals surface area contributed by atoms with E-state index in [1.165, 1.54) is 96.4 Å². The Bertz CT molecular complexity index is 3760. The molecule has 4 heterocycles. The van der Waals surface area contributed by atoms with Crippen molar-refractivity contribution in [2.24, 2.45) is 0 Å². The Morgan fingerprint density at radius 2 is 1.05 bits per heavy atom. The summed E-state index contributed by atoms with van der Waals surface area (Å²) < 4.78 is 7.27. The maximum Gasteiger partial charge on any atom is 0.0622 e. The van der Waals surface area contributed by atoms with E-state index in [1.54, 1.807) is 0 Å². The van der Waals surface area contributed by atoms with Gasteiger partial charge in [0.15, 0.2) is 0 Å². The van der Waals surface area contributed by atoms with Crippen molar-refractivity contribution in [1.82, 2.24) is 13.7 Å². The highest BCUT2D eigenvalue weighted by atomic mass is 32.2. The lowest BCUT2D eigenvalue weighted by molar-refractivity contribution is 0.642. The van der Waals surface area contributed by atoms with Crippen LogP contribution in [0.25, 0.3) is 94.9 Å². The predicted molar refractivity (Wildman–Crippen MR) is 264 cm³/mol. The van der Waals surface area contributed by atoms with Crippen molar-refractivity contribution < 1.29 is 0 Å². The van der Waals surface area contributed by atoms with Crippen LogP contribution < -0.4 is 0 Å². The van der Waals surface area contributed by atoms with Gasteiger partial charge in [0.25, 0.3) is 0 Å². The van der Waals surface area contributed by atoms with Crippen LogP contribution in [-0.4, -0.2) is 13.7 Å². The molecule has 0 saturated carbocycles. The molecule has 0 atom stereocenters. The Hall–Kier alpha value is -6.92. The Balaban J connectivity index is 1.04. The van der Waals surface area contributed by atoms with Gasteiger partial charge in [-0.3, -0.25) is 0 Å². The summed E-state index contributed by atoms with van der Waals surface area (Å²) in [5.74, 6) is 0. The zero-order chi connectivity index (χ0) is 41.4. The van der Waals surface area contributed by atoms with E-state index in [4.69, 9.17) is 0 Å². The van der Waals surface area contributed by atoms with E-state index in [0.717, 1.165) is 28.3 Å². The van der Waals surface area contributed by atoms with Gasteiger partial charge in [0.05, 0.1) is 33.3 Å². The number of hydrogen-bond acceptors (Lipinski definition) is 2. The van der Waals surface area contributed by atoms with Gasteiger partial charge in [0, 0.05) is 80.1 Å². The molecule has 0 radical (unpaired) electrons. The molecule has 3 aromatic heterocycles. The van der Waals surface area contributed by atoms with Gasteiger partial charge in [-0.05, 0) is 102 Å². The van der Waals surface area contributed by atoms with Crippen molar-refractivity contribution >= 4 is 90.2 Å². The van der Waals surface area contributed by atoms with Crippen LogP contribution in [0.15, 0.2) is 197 Å². The molecule has 294 valence electrons. The summed E-state index contributed by atoms with van der Waals surface area (Å²) in [6.07, 6.45) is 4.02. The first-order valence-corrected chi connectivity index (χ1v) is 22.8.